The number of benzene rings is 1. The zero-order valence-corrected chi connectivity index (χ0v) is 22.8. The molecular weight excluding hydrogens is 504 g/mol. The Bertz CT molecular complexity index is 1120. The zero-order chi connectivity index (χ0) is 29.1. The molecule has 39 heavy (non-hydrogen) atoms. The maximum atomic E-state index is 13.1. The van der Waals surface area contributed by atoms with Gasteiger partial charge in [-0.2, -0.15) is 0 Å². The normalized spacial score (nSPS) is 15.3. The van der Waals surface area contributed by atoms with Crippen LogP contribution in [0.25, 0.3) is 10.9 Å². The van der Waals surface area contributed by atoms with E-state index in [1.807, 2.05) is 38.1 Å². The number of hydrogen-bond acceptors (Lipinski definition) is 7. The first-order valence-electron chi connectivity index (χ1n) is 13.3. The summed E-state index contributed by atoms with van der Waals surface area (Å²) in [6.45, 7) is 5.56. The first-order valence-corrected chi connectivity index (χ1v) is 13.3. The van der Waals surface area contributed by atoms with Crippen LogP contribution in [0.1, 0.15) is 52.0 Å². The highest BCUT2D eigenvalue weighted by Crippen LogP contribution is 2.19. The number of hydrogen-bond donors (Lipinski definition) is 8. The molecule has 1 aromatic carbocycles. The van der Waals surface area contributed by atoms with E-state index in [1.165, 1.54) is 6.92 Å². The fraction of sp³-hybridized carbons (Fsp3) is 0.556. The number of aliphatic carboxylic acids is 1. The van der Waals surface area contributed by atoms with E-state index in [4.69, 9.17) is 11.5 Å². The lowest BCUT2D eigenvalue weighted by molar-refractivity contribution is -0.143. The Morgan fingerprint density at radius 1 is 0.949 bits per heavy atom. The third-order valence-electron chi connectivity index (χ3n) is 6.42. The fourth-order valence-corrected chi connectivity index (χ4v) is 4.30. The number of carboxylic acids is 1. The van der Waals surface area contributed by atoms with Gasteiger partial charge in [-0.05, 0) is 56.7 Å². The number of carbonyl (C=O) groups is 4. The quantitative estimate of drug-likeness (QED) is 0.135. The topological polar surface area (TPSA) is 213 Å². The van der Waals surface area contributed by atoms with Crippen molar-refractivity contribution in [1.29, 1.82) is 0 Å². The minimum atomic E-state index is -1.46. The van der Waals surface area contributed by atoms with Crippen LogP contribution in [0.15, 0.2) is 30.5 Å². The zero-order valence-electron chi connectivity index (χ0n) is 22.8. The SMILES string of the molecule is CC(C)CC(N)C(=O)NC(CCCCN)C(=O)NC(C(=O)NC(Cc1c[nH]c2ccccc12)C(=O)O)C(C)O. The van der Waals surface area contributed by atoms with Gasteiger partial charge in [-0.15, -0.1) is 0 Å². The van der Waals surface area contributed by atoms with Gasteiger partial charge >= 0.3 is 5.97 Å². The van der Waals surface area contributed by atoms with E-state index in [1.54, 1.807) is 6.20 Å². The molecule has 10 N–H and O–H groups in total. The molecule has 0 aliphatic carbocycles. The summed E-state index contributed by atoms with van der Waals surface area (Å²) < 4.78 is 0. The Morgan fingerprint density at radius 2 is 1.62 bits per heavy atom. The molecule has 0 aliphatic heterocycles. The molecule has 216 valence electrons. The van der Waals surface area contributed by atoms with E-state index >= 15 is 0 Å². The standard InChI is InChI=1S/C27H42N6O6/c1-15(2)12-19(29)24(35)31-21(10-6-7-11-28)25(36)33-23(16(3)34)26(37)32-22(27(38)39)13-17-14-30-20-9-5-4-8-18(17)20/h4-5,8-9,14-16,19,21-23,30,34H,6-7,10-13,28-29H2,1-3H3,(H,31,35)(H,32,37)(H,33,36)(H,38,39). The molecule has 0 fully saturated rings. The molecule has 2 rings (SSSR count). The number of aromatic amines is 1. The molecular formula is C27H42N6O6. The highest BCUT2D eigenvalue weighted by atomic mass is 16.4. The van der Waals surface area contributed by atoms with Crippen LogP contribution < -0.4 is 27.4 Å². The number of aliphatic hydroxyl groups is 1. The predicted octanol–water partition coefficient (Wildman–Crippen LogP) is 0.133. The highest BCUT2D eigenvalue weighted by molar-refractivity contribution is 5.94. The lowest BCUT2D eigenvalue weighted by Gasteiger charge is -2.26. The van der Waals surface area contributed by atoms with Gasteiger partial charge in [-0.3, -0.25) is 14.4 Å². The van der Waals surface area contributed by atoms with Crippen LogP contribution in [-0.4, -0.2) is 75.7 Å². The Labute approximate surface area is 228 Å². The number of fused-ring (bicyclic) bond motifs is 1. The van der Waals surface area contributed by atoms with Gasteiger partial charge < -0.3 is 42.6 Å². The Morgan fingerprint density at radius 3 is 2.23 bits per heavy atom. The molecule has 0 spiro atoms. The van der Waals surface area contributed by atoms with E-state index in [9.17, 15) is 29.4 Å². The third kappa shape index (κ3) is 9.65. The molecule has 3 amide bonds. The van der Waals surface area contributed by atoms with Gasteiger partial charge in [0.05, 0.1) is 12.1 Å². The van der Waals surface area contributed by atoms with Gasteiger partial charge in [-0.25, -0.2) is 4.79 Å². The van der Waals surface area contributed by atoms with Crippen LogP contribution in [-0.2, 0) is 25.6 Å². The molecule has 1 aromatic heterocycles. The summed E-state index contributed by atoms with van der Waals surface area (Å²) in [6.07, 6.45) is 2.14. The van der Waals surface area contributed by atoms with E-state index in [2.05, 4.69) is 20.9 Å². The molecule has 5 unspecified atom stereocenters. The molecule has 5 atom stereocenters. The highest BCUT2D eigenvalue weighted by Gasteiger charge is 2.33. The number of nitrogens with one attached hydrogen (secondary N) is 4. The minimum Gasteiger partial charge on any atom is -0.480 e. The number of aromatic nitrogens is 1. The first kappa shape index (κ1) is 31.7. The number of H-pyrrole nitrogens is 1. The van der Waals surface area contributed by atoms with Gasteiger partial charge in [0.2, 0.25) is 17.7 Å². The molecule has 1 heterocycles. The summed E-state index contributed by atoms with van der Waals surface area (Å²) in [7, 11) is 0. The largest absolute Gasteiger partial charge is 0.480 e. The number of carboxylic acid groups (broad SMARTS) is 1. The van der Waals surface area contributed by atoms with Crippen molar-refractivity contribution in [1.82, 2.24) is 20.9 Å². The Balaban J connectivity index is 2.14. The van der Waals surface area contributed by atoms with E-state index < -0.39 is 54.0 Å². The maximum absolute atomic E-state index is 13.1. The summed E-state index contributed by atoms with van der Waals surface area (Å²) >= 11 is 0. The first-order chi connectivity index (χ1) is 18.4. The van der Waals surface area contributed by atoms with Crippen LogP contribution in [0.4, 0.5) is 0 Å². The minimum absolute atomic E-state index is 0.0168. The van der Waals surface area contributed by atoms with Crippen LogP contribution in [0.2, 0.25) is 0 Å². The lowest BCUT2D eigenvalue weighted by atomic mass is 10.0. The summed E-state index contributed by atoms with van der Waals surface area (Å²) in [5.74, 6) is -3.16. The molecule has 2 aromatic rings. The van der Waals surface area contributed by atoms with Crippen molar-refractivity contribution < 1.29 is 29.4 Å². The van der Waals surface area contributed by atoms with Crippen LogP contribution in [0, 0.1) is 5.92 Å². The average molecular weight is 547 g/mol. The molecule has 0 radical (unpaired) electrons. The predicted molar refractivity (Wildman–Crippen MR) is 147 cm³/mol. The summed E-state index contributed by atoms with van der Waals surface area (Å²) in [6, 6.07) is 2.76. The number of unbranched alkanes of at least 4 members (excludes halogenated alkanes) is 1. The molecule has 0 saturated carbocycles. The van der Waals surface area contributed by atoms with Crippen molar-refractivity contribution in [2.24, 2.45) is 17.4 Å². The second-order valence-electron chi connectivity index (χ2n) is 10.3. The molecule has 0 aliphatic rings. The molecule has 12 nitrogen and oxygen atoms in total. The van der Waals surface area contributed by atoms with Gasteiger partial charge in [0.15, 0.2) is 0 Å². The van der Waals surface area contributed by atoms with E-state index in [0.29, 0.717) is 31.4 Å². The van der Waals surface area contributed by atoms with Crippen molar-refractivity contribution in [3.8, 4) is 0 Å². The second-order valence-corrected chi connectivity index (χ2v) is 10.3. The second kappa shape index (κ2) is 15.2. The van der Waals surface area contributed by atoms with Crippen molar-refractivity contribution in [2.75, 3.05) is 6.54 Å². The van der Waals surface area contributed by atoms with Crippen LogP contribution in [0.3, 0.4) is 0 Å². The van der Waals surface area contributed by atoms with Crippen molar-refractivity contribution in [2.45, 2.75) is 83.1 Å². The monoisotopic (exact) mass is 546 g/mol. The smallest absolute Gasteiger partial charge is 0.326 e. The van der Waals surface area contributed by atoms with Crippen molar-refractivity contribution >= 4 is 34.6 Å². The number of nitrogens with two attached hydrogens (primary N) is 2. The van der Waals surface area contributed by atoms with Gasteiger partial charge in [0.25, 0.3) is 0 Å². The molecule has 0 bridgehead atoms. The molecule has 0 saturated heterocycles. The summed E-state index contributed by atoms with van der Waals surface area (Å²) in [5, 5.41) is 28.4. The number of amides is 3. The third-order valence-corrected chi connectivity index (χ3v) is 6.42. The number of aliphatic hydroxyl groups excluding tert-OH is 1. The van der Waals surface area contributed by atoms with Crippen LogP contribution >= 0.6 is 0 Å². The lowest BCUT2D eigenvalue weighted by Crippen LogP contribution is -2.60. The van der Waals surface area contributed by atoms with E-state index in [-0.39, 0.29) is 18.8 Å². The van der Waals surface area contributed by atoms with Gasteiger partial charge in [0, 0.05) is 23.5 Å². The maximum Gasteiger partial charge on any atom is 0.326 e. The number of para-hydroxylation sites is 1. The van der Waals surface area contributed by atoms with Crippen molar-refractivity contribution in [3.63, 3.8) is 0 Å². The van der Waals surface area contributed by atoms with E-state index in [0.717, 1.165) is 10.9 Å². The Kier molecular flexibility index (Phi) is 12.4. The Hall–Kier alpha value is -3.48. The summed E-state index contributed by atoms with van der Waals surface area (Å²) in [4.78, 5) is 53.9. The average Bonchev–Trinajstić information content (AvgIpc) is 3.28. The molecule has 12 heteroatoms. The summed E-state index contributed by atoms with van der Waals surface area (Å²) in [5.41, 5.74) is 13.0. The number of rotatable bonds is 16. The fourth-order valence-electron chi connectivity index (χ4n) is 4.30. The van der Waals surface area contributed by atoms with Gasteiger partial charge in [-0.1, -0.05) is 32.0 Å². The van der Waals surface area contributed by atoms with Gasteiger partial charge in [0.1, 0.15) is 18.1 Å². The van der Waals surface area contributed by atoms with Crippen LogP contribution in [0.5, 0.6) is 0 Å². The van der Waals surface area contributed by atoms with Crippen molar-refractivity contribution in [3.05, 3.63) is 36.0 Å². The number of carbonyl (C=O) groups excluding carboxylic acids is 3.